The Morgan fingerprint density at radius 3 is 2.17 bits per heavy atom. The zero-order valence-corrected chi connectivity index (χ0v) is 14.5. The van der Waals surface area contributed by atoms with Crippen molar-refractivity contribution in [1.29, 1.82) is 0 Å². The Labute approximate surface area is 161 Å². The number of amides is 2. The summed E-state index contributed by atoms with van der Waals surface area (Å²) < 4.78 is 66.2. The first-order chi connectivity index (χ1) is 13.7. The van der Waals surface area contributed by atoms with Gasteiger partial charge in [-0.3, -0.25) is 14.6 Å². The van der Waals surface area contributed by atoms with Gasteiger partial charge < -0.3 is 14.2 Å². The van der Waals surface area contributed by atoms with Crippen molar-refractivity contribution in [3.63, 3.8) is 0 Å². The van der Waals surface area contributed by atoms with E-state index in [1.54, 1.807) is 12.1 Å². The molecule has 0 aromatic heterocycles. The number of rotatable bonds is 4. The number of alkyl halides is 4. The van der Waals surface area contributed by atoms with Crippen LogP contribution in [0, 0.1) is 0 Å². The number of hydrogen-bond acceptors (Lipinski definition) is 5. The van der Waals surface area contributed by atoms with Crippen molar-refractivity contribution in [3.05, 3.63) is 42.5 Å². The van der Waals surface area contributed by atoms with Crippen LogP contribution >= 0.6 is 0 Å². The fourth-order valence-corrected chi connectivity index (χ4v) is 3.02. The van der Waals surface area contributed by atoms with Crippen molar-refractivity contribution in [3.8, 4) is 17.2 Å². The molecule has 4 rings (SSSR count). The number of hydrogen-bond donors (Lipinski definition) is 0. The lowest BCUT2D eigenvalue weighted by molar-refractivity contribution is -0.391. The number of ether oxygens (including phenoxy) is 3. The van der Waals surface area contributed by atoms with Crippen molar-refractivity contribution in [2.45, 2.75) is 12.2 Å². The van der Waals surface area contributed by atoms with E-state index < -0.39 is 29.7 Å². The minimum atomic E-state index is -4.85. The van der Waals surface area contributed by atoms with E-state index in [1.807, 2.05) is 0 Å². The molecule has 2 amide bonds. The van der Waals surface area contributed by atoms with Crippen molar-refractivity contribution < 1.29 is 41.4 Å². The highest BCUT2D eigenvalue weighted by atomic mass is 19.3. The smallest absolute Gasteiger partial charge is 0.429 e. The molecule has 7 nitrogen and oxygen atoms in total. The van der Waals surface area contributed by atoms with E-state index in [-0.39, 0.29) is 31.0 Å². The number of nitrogens with zero attached hydrogens (tertiary/aromatic N) is 2. The van der Waals surface area contributed by atoms with Crippen molar-refractivity contribution in [2.75, 3.05) is 22.9 Å². The van der Waals surface area contributed by atoms with E-state index in [0.29, 0.717) is 5.69 Å². The van der Waals surface area contributed by atoms with Crippen LogP contribution in [0.15, 0.2) is 42.5 Å². The van der Waals surface area contributed by atoms with Gasteiger partial charge in [0, 0.05) is 36.6 Å². The SMILES string of the molecule is O=COc1cccc(N2CCN(c3ccc4c(c3)OC(F)(F)C(F)(F)O4)C2=O)c1. The molecule has 29 heavy (non-hydrogen) atoms. The van der Waals surface area contributed by atoms with E-state index in [9.17, 15) is 27.2 Å². The fraction of sp³-hybridized carbons (Fsp3) is 0.222. The van der Waals surface area contributed by atoms with Gasteiger partial charge in [-0.05, 0) is 24.3 Å². The Balaban J connectivity index is 1.59. The minimum Gasteiger partial charge on any atom is -0.429 e. The monoisotopic (exact) mass is 412 g/mol. The molecule has 0 spiro atoms. The van der Waals surface area contributed by atoms with Crippen LogP contribution in [-0.4, -0.2) is 37.8 Å². The molecule has 0 atom stereocenters. The Kier molecular flexibility index (Phi) is 4.25. The molecule has 1 saturated heterocycles. The average molecular weight is 412 g/mol. The van der Waals surface area contributed by atoms with Gasteiger partial charge in [0.2, 0.25) is 0 Å². The first-order valence-electron chi connectivity index (χ1n) is 8.29. The largest absolute Gasteiger partial charge is 0.507 e. The summed E-state index contributed by atoms with van der Waals surface area (Å²) >= 11 is 0. The minimum absolute atomic E-state index is 0.168. The molecular weight excluding hydrogens is 400 g/mol. The molecule has 0 N–H and O–H groups in total. The molecule has 2 aliphatic heterocycles. The van der Waals surface area contributed by atoms with Gasteiger partial charge >= 0.3 is 18.2 Å². The summed E-state index contributed by atoms with van der Waals surface area (Å²) in [7, 11) is 0. The maximum absolute atomic E-state index is 13.4. The van der Waals surface area contributed by atoms with Crippen LogP contribution in [0.1, 0.15) is 0 Å². The van der Waals surface area contributed by atoms with Crippen LogP contribution in [0.25, 0.3) is 0 Å². The van der Waals surface area contributed by atoms with Gasteiger partial charge in [0.25, 0.3) is 6.47 Å². The van der Waals surface area contributed by atoms with Crippen LogP contribution in [0.3, 0.4) is 0 Å². The van der Waals surface area contributed by atoms with Crippen molar-refractivity contribution in [2.24, 2.45) is 0 Å². The average Bonchev–Trinajstić information content (AvgIpc) is 3.04. The van der Waals surface area contributed by atoms with Crippen LogP contribution in [-0.2, 0) is 4.79 Å². The maximum atomic E-state index is 13.4. The highest BCUT2D eigenvalue weighted by molar-refractivity contribution is 6.06. The molecule has 1 fully saturated rings. The first-order valence-corrected chi connectivity index (χ1v) is 8.29. The van der Waals surface area contributed by atoms with Gasteiger partial charge in [0.1, 0.15) is 5.75 Å². The molecule has 0 unspecified atom stereocenters. The molecule has 2 aromatic rings. The second kappa shape index (κ2) is 6.54. The molecule has 0 radical (unpaired) electrons. The number of benzene rings is 2. The summed E-state index contributed by atoms with van der Waals surface area (Å²) in [5.74, 6) is -0.927. The summed E-state index contributed by atoms with van der Waals surface area (Å²) in [4.78, 5) is 25.9. The third kappa shape index (κ3) is 3.18. The molecule has 152 valence electrons. The molecule has 2 heterocycles. The van der Waals surface area contributed by atoms with Crippen LogP contribution in [0.4, 0.5) is 33.7 Å². The topological polar surface area (TPSA) is 68.3 Å². The summed E-state index contributed by atoms with van der Waals surface area (Å²) in [6.45, 7) is 0.710. The number of carbonyl (C=O) groups excluding carboxylic acids is 2. The predicted molar refractivity (Wildman–Crippen MR) is 90.8 cm³/mol. The number of carbonyl (C=O) groups is 2. The summed E-state index contributed by atoms with van der Waals surface area (Å²) in [5, 5.41) is 0. The highest BCUT2D eigenvalue weighted by Gasteiger charge is 2.66. The third-order valence-electron chi connectivity index (χ3n) is 4.38. The Hall–Kier alpha value is -3.50. The van der Waals surface area contributed by atoms with Gasteiger partial charge in [-0.2, -0.15) is 17.6 Å². The lowest BCUT2D eigenvalue weighted by Gasteiger charge is -2.32. The quantitative estimate of drug-likeness (QED) is 0.567. The van der Waals surface area contributed by atoms with Gasteiger partial charge in [0.05, 0.1) is 0 Å². The van der Waals surface area contributed by atoms with Gasteiger partial charge in [-0.15, -0.1) is 0 Å². The van der Waals surface area contributed by atoms with Crippen LogP contribution in [0.2, 0.25) is 0 Å². The van der Waals surface area contributed by atoms with Gasteiger partial charge in [0.15, 0.2) is 11.5 Å². The summed E-state index contributed by atoms with van der Waals surface area (Å²) in [5.41, 5.74) is 0.627. The van der Waals surface area contributed by atoms with Gasteiger partial charge in [-0.25, -0.2) is 4.79 Å². The number of halogens is 4. The fourth-order valence-electron chi connectivity index (χ4n) is 3.02. The van der Waals surface area contributed by atoms with Crippen LogP contribution < -0.4 is 24.0 Å². The van der Waals surface area contributed by atoms with E-state index in [1.165, 1.54) is 28.0 Å². The van der Waals surface area contributed by atoms with E-state index >= 15 is 0 Å². The summed E-state index contributed by atoms with van der Waals surface area (Å²) in [6, 6.07) is 9.11. The highest BCUT2D eigenvalue weighted by Crippen LogP contribution is 2.48. The zero-order valence-electron chi connectivity index (χ0n) is 14.5. The van der Waals surface area contributed by atoms with Gasteiger partial charge in [-0.1, -0.05) is 6.07 Å². The molecule has 2 aliphatic rings. The third-order valence-corrected chi connectivity index (χ3v) is 4.38. The zero-order chi connectivity index (χ0) is 20.8. The predicted octanol–water partition coefficient (Wildman–Crippen LogP) is 3.63. The molecule has 0 bridgehead atoms. The lowest BCUT2D eigenvalue weighted by Crippen LogP contribution is -2.52. The number of fused-ring (bicyclic) bond motifs is 1. The van der Waals surface area contributed by atoms with E-state index in [4.69, 9.17) is 4.74 Å². The number of urea groups is 1. The standard InChI is InChI=1S/C18H12F4N2O5/c19-17(20)18(21,22)29-15-9-12(4-5-14(15)28-17)24-7-6-23(16(24)26)11-2-1-3-13(8-11)27-10-25/h1-5,8-10H,6-7H2. The maximum Gasteiger partial charge on any atom is 0.507 e. The molecule has 0 aliphatic carbocycles. The number of anilines is 2. The normalized spacial score (nSPS) is 19.2. The first kappa shape index (κ1) is 18.8. The van der Waals surface area contributed by atoms with Crippen molar-refractivity contribution in [1.82, 2.24) is 0 Å². The van der Waals surface area contributed by atoms with E-state index in [2.05, 4.69) is 9.47 Å². The molecule has 0 saturated carbocycles. The van der Waals surface area contributed by atoms with Crippen LogP contribution in [0.5, 0.6) is 17.2 Å². The Bertz CT molecular complexity index is 984. The Morgan fingerprint density at radius 1 is 0.897 bits per heavy atom. The van der Waals surface area contributed by atoms with E-state index in [0.717, 1.165) is 12.1 Å². The summed E-state index contributed by atoms with van der Waals surface area (Å²) in [6.07, 6.45) is -9.66. The molecule has 2 aromatic carbocycles. The molecule has 11 heteroatoms. The Morgan fingerprint density at radius 2 is 1.52 bits per heavy atom. The second-order valence-corrected chi connectivity index (χ2v) is 6.17. The molecular formula is C18H12F4N2O5. The second-order valence-electron chi connectivity index (χ2n) is 6.17. The lowest BCUT2D eigenvalue weighted by atomic mass is 10.2. The van der Waals surface area contributed by atoms with Crippen molar-refractivity contribution >= 4 is 23.9 Å².